The van der Waals surface area contributed by atoms with Crippen LogP contribution in [0.25, 0.3) is 11.3 Å². The molecule has 0 amide bonds. The smallest absolute Gasteiger partial charge is 0.185 e. The van der Waals surface area contributed by atoms with E-state index in [1.807, 2.05) is 65.4 Å². The van der Waals surface area contributed by atoms with Crippen molar-refractivity contribution in [1.29, 1.82) is 0 Å². The first kappa shape index (κ1) is 14.0. The molecule has 0 saturated carbocycles. The van der Waals surface area contributed by atoms with Gasteiger partial charge < -0.3 is 9.30 Å². The second-order valence-corrected chi connectivity index (χ2v) is 4.94. The molecular formula is C19H16N2O. The molecule has 0 fully saturated rings. The molecule has 0 unspecified atom stereocenters. The van der Waals surface area contributed by atoms with Gasteiger partial charge in [-0.05, 0) is 23.6 Å². The summed E-state index contributed by atoms with van der Waals surface area (Å²) in [6, 6.07) is 18.0. The zero-order valence-electron chi connectivity index (χ0n) is 12.4. The van der Waals surface area contributed by atoms with Crippen molar-refractivity contribution in [3.63, 3.8) is 0 Å². The van der Waals surface area contributed by atoms with Crippen molar-refractivity contribution >= 4 is 0 Å². The topological polar surface area (TPSA) is 27.1 Å². The predicted molar refractivity (Wildman–Crippen MR) is 87.7 cm³/mol. The Morgan fingerprint density at radius 1 is 1.09 bits per heavy atom. The molecule has 1 heterocycles. The zero-order chi connectivity index (χ0) is 15.4. The van der Waals surface area contributed by atoms with Gasteiger partial charge in [-0.25, -0.2) is 4.98 Å². The number of hydrogen-bond acceptors (Lipinski definition) is 2. The molecule has 3 nitrogen and oxygen atoms in total. The zero-order valence-corrected chi connectivity index (χ0v) is 12.4. The van der Waals surface area contributed by atoms with Crippen LogP contribution in [0.3, 0.4) is 0 Å². The van der Waals surface area contributed by atoms with Gasteiger partial charge in [0.15, 0.2) is 5.82 Å². The van der Waals surface area contributed by atoms with Crippen molar-refractivity contribution in [2.45, 2.75) is 6.54 Å². The van der Waals surface area contributed by atoms with Crippen LogP contribution < -0.4 is 4.74 Å². The van der Waals surface area contributed by atoms with Crippen molar-refractivity contribution in [2.75, 3.05) is 7.11 Å². The van der Waals surface area contributed by atoms with Crippen LogP contribution in [-0.2, 0) is 6.54 Å². The molecule has 0 bridgehead atoms. The van der Waals surface area contributed by atoms with Crippen LogP contribution in [0.5, 0.6) is 5.75 Å². The van der Waals surface area contributed by atoms with E-state index < -0.39 is 0 Å². The fourth-order valence-electron chi connectivity index (χ4n) is 2.33. The van der Waals surface area contributed by atoms with Crippen molar-refractivity contribution in [2.24, 2.45) is 0 Å². The van der Waals surface area contributed by atoms with Crippen molar-refractivity contribution in [1.82, 2.24) is 9.55 Å². The summed E-state index contributed by atoms with van der Waals surface area (Å²) in [7, 11) is 1.66. The van der Waals surface area contributed by atoms with Gasteiger partial charge in [0.1, 0.15) is 5.75 Å². The molecule has 3 heteroatoms. The molecule has 0 spiro atoms. The number of methoxy groups -OCH3 is 1. The van der Waals surface area contributed by atoms with Gasteiger partial charge in [-0.1, -0.05) is 42.5 Å². The van der Waals surface area contributed by atoms with E-state index in [-0.39, 0.29) is 0 Å². The number of aromatic nitrogens is 2. The Kier molecular flexibility index (Phi) is 3.93. The lowest BCUT2D eigenvalue weighted by Gasteiger charge is -2.05. The lowest BCUT2D eigenvalue weighted by Crippen LogP contribution is -2.01. The summed E-state index contributed by atoms with van der Waals surface area (Å²) in [4.78, 5) is 4.53. The molecule has 0 radical (unpaired) electrons. The summed E-state index contributed by atoms with van der Waals surface area (Å²) >= 11 is 0. The Labute approximate surface area is 130 Å². The Morgan fingerprint density at radius 3 is 2.45 bits per heavy atom. The van der Waals surface area contributed by atoms with Crippen LogP contribution in [0, 0.1) is 12.3 Å². The third-order valence-corrected chi connectivity index (χ3v) is 3.49. The molecule has 0 aliphatic carbocycles. The highest BCUT2D eigenvalue weighted by atomic mass is 16.5. The normalized spacial score (nSPS) is 10.2. The summed E-state index contributed by atoms with van der Waals surface area (Å²) in [5.41, 5.74) is 3.10. The van der Waals surface area contributed by atoms with Crippen LogP contribution >= 0.6 is 0 Å². The van der Waals surface area contributed by atoms with Crippen molar-refractivity contribution < 1.29 is 4.74 Å². The maximum atomic E-state index is 5.59. The summed E-state index contributed by atoms with van der Waals surface area (Å²) in [6.45, 7) is 0.684. The average Bonchev–Trinajstić information content (AvgIpc) is 2.99. The van der Waals surface area contributed by atoms with Gasteiger partial charge in [-0.2, -0.15) is 0 Å². The van der Waals surface area contributed by atoms with E-state index >= 15 is 0 Å². The first-order valence-electron chi connectivity index (χ1n) is 7.02. The lowest BCUT2D eigenvalue weighted by molar-refractivity contribution is 0.414. The second-order valence-electron chi connectivity index (χ2n) is 4.94. The van der Waals surface area contributed by atoms with Gasteiger partial charge in [-0.15, -0.1) is 6.42 Å². The SMILES string of the molecule is C#Cc1nc(-c2ccccc2)cn1Cc1ccc(OC)cc1. The number of benzene rings is 2. The van der Waals surface area contributed by atoms with E-state index in [2.05, 4.69) is 10.9 Å². The van der Waals surface area contributed by atoms with Crippen LogP contribution in [0.15, 0.2) is 60.8 Å². The number of imidazole rings is 1. The fraction of sp³-hybridized carbons (Fsp3) is 0.105. The summed E-state index contributed by atoms with van der Waals surface area (Å²) in [6.07, 6.45) is 7.58. The average molecular weight is 288 g/mol. The molecule has 3 rings (SSSR count). The van der Waals surface area contributed by atoms with Gasteiger partial charge in [0.05, 0.1) is 12.8 Å². The molecule has 108 valence electrons. The molecule has 0 saturated heterocycles. The number of ether oxygens (including phenoxy) is 1. The standard InChI is InChI=1S/C19H16N2O/c1-3-19-20-18(16-7-5-4-6-8-16)14-21(19)13-15-9-11-17(22-2)12-10-15/h1,4-12,14H,13H2,2H3. The van der Waals surface area contributed by atoms with Crippen LogP contribution in [-0.4, -0.2) is 16.7 Å². The van der Waals surface area contributed by atoms with E-state index in [4.69, 9.17) is 11.2 Å². The van der Waals surface area contributed by atoms with Gasteiger partial charge in [0.2, 0.25) is 0 Å². The summed E-state index contributed by atoms with van der Waals surface area (Å²) in [5, 5.41) is 0. The van der Waals surface area contributed by atoms with E-state index in [1.165, 1.54) is 0 Å². The highest BCUT2D eigenvalue weighted by Crippen LogP contribution is 2.19. The quantitative estimate of drug-likeness (QED) is 0.686. The van der Waals surface area contributed by atoms with E-state index in [0.29, 0.717) is 12.4 Å². The lowest BCUT2D eigenvalue weighted by atomic mass is 10.2. The van der Waals surface area contributed by atoms with Gasteiger partial charge >= 0.3 is 0 Å². The Hall–Kier alpha value is -2.99. The molecule has 3 aromatic rings. The summed E-state index contributed by atoms with van der Waals surface area (Å²) < 4.78 is 7.16. The minimum absolute atomic E-state index is 0.634. The Morgan fingerprint density at radius 2 is 1.82 bits per heavy atom. The molecule has 0 atom stereocenters. The first-order chi connectivity index (χ1) is 10.8. The van der Waals surface area contributed by atoms with E-state index in [9.17, 15) is 0 Å². The monoisotopic (exact) mass is 288 g/mol. The number of nitrogens with zero attached hydrogens (tertiary/aromatic N) is 2. The van der Waals surface area contributed by atoms with Crippen LogP contribution in [0.4, 0.5) is 0 Å². The third kappa shape index (κ3) is 2.87. The van der Waals surface area contributed by atoms with E-state index in [1.54, 1.807) is 7.11 Å². The maximum Gasteiger partial charge on any atom is 0.185 e. The maximum absolute atomic E-state index is 5.59. The predicted octanol–water partition coefficient (Wildman–Crippen LogP) is 3.59. The molecule has 22 heavy (non-hydrogen) atoms. The van der Waals surface area contributed by atoms with Gasteiger partial charge in [0.25, 0.3) is 0 Å². The van der Waals surface area contributed by atoms with Gasteiger partial charge in [0, 0.05) is 18.3 Å². The molecule has 1 aromatic heterocycles. The molecule has 0 N–H and O–H groups in total. The highest BCUT2D eigenvalue weighted by Gasteiger charge is 2.08. The van der Waals surface area contributed by atoms with Crippen LogP contribution in [0.1, 0.15) is 11.4 Å². The molecular weight excluding hydrogens is 272 g/mol. The minimum Gasteiger partial charge on any atom is -0.497 e. The van der Waals surface area contributed by atoms with Gasteiger partial charge in [-0.3, -0.25) is 0 Å². The number of hydrogen-bond donors (Lipinski definition) is 0. The second kappa shape index (κ2) is 6.19. The Bertz CT molecular complexity index is 796. The fourth-order valence-corrected chi connectivity index (χ4v) is 2.33. The van der Waals surface area contributed by atoms with Crippen molar-refractivity contribution in [3.8, 4) is 29.4 Å². The summed E-state index contributed by atoms with van der Waals surface area (Å²) in [5.74, 6) is 4.13. The molecule has 0 aliphatic rings. The number of terminal acetylenes is 1. The first-order valence-corrected chi connectivity index (χ1v) is 7.02. The third-order valence-electron chi connectivity index (χ3n) is 3.49. The van der Waals surface area contributed by atoms with Crippen molar-refractivity contribution in [3.05, 3.63) is 72.2 Å². The number of rotatable bonds is 4. The molecule has 0 aliphatic heterocycles. The van der Waals surface area contributed by atoms with Crippen LogP contribution in [0.2, 0.25) is 0 Å². The minimum atomic E-state index is 0.634. The largest absolute Gasteiger partial charge is 0.497 e. The highest BCUT2D eigenvalue weighted by molar-refractivity contribution is 5.59. The van der Waals surface area contributed by atoms with E-state index in [0.717, 1.165) is 22.6 Å². The molecule has 2 aromatic carbocycles. The Balaban J connectivity index is 1.90.